The molecular weight excluding hydrogens is 194 g/mol. The van der Waals surface area contributed by atoms with Crippen molar-refractivity contribution in [1.29, 1.82) is 0 Å². The summed E-state index contributed by atoms with van der Waals surface area (Å²) in [7, 11) is 0. The van der Waals surface area contributed by atoms with Crippen molar-refractivity contribution in [3.63, 3.8) is 0 Å². The van der Waals surface area contributed by atoms with E-state index in [1.807, 2.05) is 0 Å². The van der Waals surface area contributed by atoms with Gasteiger partial charge in [-0.25, -0.2) is 0 Å². The minimum atomic E-state index is 0.263. The van der Waals surface area contributed by atoms with Gasteiger partial charge in [-0.3, -0.25) is 4.98 Å². The van der Waals surface area contributed by atoms with Crippen LogP contribution in [-0.2, 0) is 6.42 Å². The van der Waals surface area contributed by atoms with Crippen molar-refractivity contribution in [2.75, 3.05) is 0 Å². The van der Waals surface area contributed by atoms with Gasteiger partial charge in [-0.1, -0.05) is 52.3 Å². The summed E-state index contributed by atoms with van der Waals surface area (Å²) >= 11 is 0. The molecule has 0 fully saturated rings. The normalized spacial score (nSPS) is 15.2. The van der Waals surface area contributed by atoms with Gasteiger partial charge in [-0.15, -0.1) is 0 Å². The maximum atomic E-state index is 4.76. The number of allylic oxidation sites excluding steroid dienone is 1. The second kappa shape index (κ2) is 3.73. The van der Waals surface area contributed by atoms with E-state index in [9.17, 15) is 0 Å². The minimum Gasteiger partial charge on any atom is -0.257 e. The Balaban J connectivity index is 2.32. The molecule has 0 aliphatic heterocycles. The van der Waals surface area contributed by atoms with Crippen LogP contribution in [0.25, 0.3) is 6.08 Å². The first-order chi connectivity index (χ1) is 7.38. The Morgan fingerprint density at radius 2 is 1.88 bits per heavy atom. The molecule has 86 valence electrons. The van der Waals surface area contributed by atoms with Crippen molar-refractivity contribution in [3.8, 4) is 0 Å². The SMILES string of the molecule is CC(C)c1ccc2c(n1)CC(C(C)(C)C)=C2. The van der Waals surface area contributed by atoms with E-state index in [1.54, 1.807) is 0 Å². The standard InChI is InChI=1S/C15H21N/c1-10(2)13-7-6-11-8-12(15(3,4)5)9-14(11)16-13/h6-8,10H,9H2,1-5H3. The van der Waals surface area contributed by atoms with Crippen molar-refractivity contribution in [2.24, 2.45) is 5.41 Å². The average Bonchev–Trinajstić information content (AvgIpc) is 2.58. The molecule has 0 radical (unpaired) electrons. The number of pyridine rings is 1. The molecule has 0 saturated heterocycles. The first-order valence-electron chi connectivity index (χ1n) is 6.09. The third-order valence-electron chi connectivity index (χ3n) is 3.27. The number of aromatic nitrogens is 1. The largest absolute Gasteiger partial charge is 0.257 e. The summed E-state index contributed by atoms with van der Waals surface area (Å²) in [6.45, 7) is 11.2. The molecule has 1 heterocycles. The Bertz CT molecular complexity index is 433. The van der Waals surface area contributed by atoms with E-state index in [2.05, 4.69) is 52.8 Å². The van der Waals surface area contributed by atoms with E-state index in [-0.39, 0.29) is 5.41 Å². The zero-order valence-electron chi connectivity index (χ0n) is 11.0. The van der Waals surface area contributed by atoms with Crippen molar-refractivity contribution in [3.05, 3.63) is 34.7 Å². The summed E-state index contributed by atoms with van der Waals surface area (Å²) < 4.78 is 0. The molecule has 0 amide bonds. The molecule has 1 aliphatic rings. The molecule has 2 rings (SSSR count). The summed E-state index contributed by atoms with van der Waals surface area (Å²) in [6, 6.07) is 4.38. The molecule has 1 aromatic heterocycles. The molecule has 1 aromatic rings. The predicted molar refractivity (Wildman–Crippen MR) is 69.5 cm³/mol. The van der Waals surface area contributed by atoms with Crippen LogP contribution in [0.1, 0.15) is 57.5 Å². The Kier molecular flexibility index (Phi) is 2.65. The predicted octanol–water partition coefficient (Wildman–Crippen LogP) is 4.19. The molecular formula is C15H21N. The number of hydrogen-bond donors (Lipinski definition) is 0. The van der Waals surface area contributed by atoms with E-state index in [0.29, 0.717) is 5.92 Å². The number of nitrogens with zero attached hydrogens (tertiary/aromatic N) is 1. The second-order valence-electron chi connectivity index (χ2n) is 6.02. The van der Waals surface area contributed by atoms with Crippen LogP contribution in [0.2, 0.25) is 0 Å². The van der Waals surface area contributed by atoms with Gasteiger partial charge >= 0.3 is 0 Å². The van der Waals surface area contributed by atoms with E-state index < -0.39 is 0 Å². The highest BCUT2D eigenvalue weighted by Gasteiger charge is 2.24. The molecule has 0 bridgehead atoms. The summed E-state index contributed by atoms with van der Waals surface area (Å²) in [5.41, 5.74) is 5.54. The van der Waals surface area contributed by atoms with E-state index in [0.717, 1.165) is 6.42 Å². The van der Waals surface area contributed by atoms with Gasteiger partial charge in [-0.2, -0.15) is 0 Å². The van der Waals surface area contributed by atoms with Crippen molar-refractivity contribution in [2.45, 2.75) is 47.0 Å². The highest BCUT2D eigenvalue weighted by molar-refractivity contribution is 5.63. The Hall–Kier alpha value is -1.11. The lowest BCUT2D eigenvalue weighted by Crippen LogP contribution is -2.09. The van der Waals surface area contributed by atoms with Crippen LogP contribution in [0, 0.1) is 5.41 Å². The molecule has 0 aromatic carbocycles. The molecule has 0 N–H and O–H groups in total. The summed E-state index contributed by atoms with van der Waals surface area (Å²) in [4.78, 5) is 4.76. The van der Waals surface area contributed by atoms with Crippen LogP contribution in [-0.4, -0.2) is 4.98 Å². The van der Waals surface area contributed by atoms with Gasteiger partial charge in [0.15, 0.2) is 0 Å². The summed E-state index contributed by atoms with van der Waals surface area (Å²) in [6.07, 6.45) is 3.34. The highest BCUT2D eigenvalue weighted by Crippen LogP contribution is 2.35. The fourth-order valence-electron chi connectivity index (χ4n) is 2.02. The van der Waals surface area contributed by atoms with Gasteiger partial charge in [-0.05, 0) is 23.0 Å². The van der Waals surface area contributed by atoms with Gasteiger partial charge < -0.3 is 0 Å². The smallest absolute Gasteiger partial charge is 0.0520 e. The molecule has 0 spiro atoms. The van der Waals surface area contributed by atoms with Crippen LogP contribution in [0.15, 0.2) is 17.7 Å². The van der Waals surface area contributed by atoms with Crippen LogP contribution >= 0.6 is 0 Å². The number of rotatable bonds is 1. The first-order valence-corrected chi connectivity index (χ1v) is 6.09. The molecule has 0 saturated carbocycles. The fourth-order valence-corrected chi connectivity index (χ4v) is 2.02. The molecule has 0 atom stereocenters. The quantitative estimate of drug-likeness (QED) is 0.684. The molecule has 1 heteroatoms. The van der Waals surface area contributed by atoms with E-state index in [4.69, 9.17) is 4.98 Å². The van der Waals surface area contributed by atoms with Gasteiger partial charge in [0.2, 0.25) is 0 Å². The zero-order chi connectivity index (χ0) is 11.9. The van der Waals surface area contributed by atoms with Crippen molar-refractivity contribution < 1.29 is 0 Å². The number of fused-ring (bicyclic) bond motifs is 1. The van der Waals surface area contributed by atoms with Gasteiger partial charge in [0.25, 0.3) is 0 Å². The van der Waals surface area contributed by atoms with Crippen LogP contribution in [0.5, 0.6) is 0 Å². The lowest BCUT2D eigenvalue weighted by molar-refractivity contribution is 0.497. The first kappa shape index (κ1) is 11.4. The molecule has 1 aliphatic carbocycles. The Morgan fingerprint density at radius 1 is 1.19 bits per heavy atom. The van der Waals surface area contributed by atoms with Gasteiger partial charge in [0.05, 0.1) is 5.69 Å². The number of hydrogen-bond acceptors (Lipinski definition) is 1. The van der Waals surface area contributed by atoms with Crippen LogP contribution in [0.4, 0.5) is 0 Å². The molecule has 16 heavy (non-hydrogen) atoms. The van der Waals surface area contributed by atoms with Crippen molar-refractivity contribution >= 4 is 6.08 Å². The maximum absolute atomic E-state index is 4.76. The topological polar surface area (TPSA) is 12.9 Å². The lowest BCUT2D eigenvalue weighted by atomic mass is 9.86. The maximum Gasteiger partial charge on any atom is 0.0520 e. The average molecular weight is 215 g/mol. The zero-order valence-corrected chi connectivity index (χ0v) is 11.0. The van der Waals surface area contributed by atoms with Gasteiger partial charge in [0.1, 0.15) is 0 Å². The summed E-state index contributed by atoms with van der Waals surface area (Å²) in [5.74, 6) is 0.518. The highest BCUT2D eigenvalue weighted by atomic mass is 14.7. The minimum absolute atomic E-state index is 0.263. The third-order valence-corrected chi connectivity index (χ3v) is 3.27. The lowest BCUT2D eigenvalue weighted by Gasteiger charge is -2.19. The van der Waals surface area contributed by atoms with E-state index >= 15 is 0 Å². The van der Waals surface area contributed by atoms with E-state index in [1.165, 1.54) is 22.5 Å². The molecule has 1 nitrogen and oxygen atoms in total. The monoisotopic (exact) mass is 215 g/mol. The van der Waals surface area contributed by atoms with Crippen LogP contribution < -0.4 is 0 Å². The Morgan fingerprint density at radius 3 is 2.44 bits per heavy atom. The van der Waals surface area contributed by atoms with Crippen LogP contribution in [0.3, 0.4) is 0 Å². The second-order valence-corrected chi connectivity index (χ2v) is 6.02. The third kappa shape index (κ3) is 2.04. The van der Waals surface area contributed by atoms with Gasteiger partial charge in [0, 0.05) is 12.1 Å². The fraction of sp³-hybridized carbons (Fsp3) is 0.533. The Labute approximate surface area is 98.6 Å². The van der Waals surface area contributed by atoms with Crippen molar-refractivity contribution in [1.82, 2.24) is 4.98 Å². The molecule has 0 unspecified atom stereocenters. The summed E-state index contributed by atoms with van der Waals surface area (Å²) in [5, 5.41) is 0.